The van der Waals surface area contributed by atoms with Gasteiger partial charge in [-0.2, -0.15) is 0 Å². The number of nitrogens with zero attached hydrogens (tertiary/aromatic N) is 2. The summed E-state index contributed by atoms with van der Waals surface area (Å²) in [5.41, 5.74) is 0.694. The average Bonchev–Trinajstić information content (AvgIpc) is 3.01. The van der Waals surface area contributed by atoms with Gasteiger partial charge in [-0.1, -0.05) is 12.8 Å². The summed E-state index contributed by atoms with van der Waals surface area (Å²) in [7, 11) is 0. The lowest BCUT2D eigenvalue weighted by molar-refractivity contribution is 0.237. The van der Waals surface area contributed by atoms with Crippen molar-refractivity contribution in [3.63, 3.8) is 0 Å². The van der Waals surface area contributed by atoms with Gasteiger partial charge >= 0.3 is 6.03 Å². The molecular weight excluding hydrogens is 362 g/mol. The zero-order chi connectivity index (χ0) is 19.8. The Balaban J connectivity index is 1.29. The van der Waals surface area contributed by atoms with Crippen molar-refractivity contribution in [2.75, 3.05) is 50.7 Å². The molecule has 2 amide bonds. The number of rotatable bonds is 7. The fourth-order valence-electron chi connectivity index (χ4n) is 4.08. The number of anilines is 1. The molecule has 28 heavy (non-hydrogen) atoms. The average molecular weight is 395 g/mol. The second-order valence-electron chi connectivity index (χ2n) is 7.95. The molecule has 156 valence electrons. The zero-order valence-corrected chi connectivity index (χ0v) is 16.6. The SMILES string of the molecule is O=C(NCCCN1CCCCCC1)NCC1CCN(c2ccc(F)c(F)c2)C1. The smallest absolute Gasteiger partial charge is 0.314 e. The van der Waals surface area contributed by atoms with Crippen LogP contribution in [0.15, 0.2) is 18.2 Å². The molecule has 1 atom stereocenters. The molecule has 0 spiro atoms. The molecular formula is C21H32F2N4O. The third-order valence-electron chi connectivity index (χ3n) is 5.74. The van der Waals surface area contributed by atoms with Gasteiger partial charge in [0.2, 0.25) is 0 Å². The first-order valence-electron chi connectivity index (χ1n) is 10.6. The van der Waals surface area contributed by atoms with Crippen LogP contribution < -0.4 is 15.5 Å². The molecule has 2 fully saturated rings. The Morgan fingerprint density at radius 2 is 1.82 bits per heavy atom. The highest BCUT2D eigenvalue weighted by Gasteiger charge is 2.23. The molecule has 0 aliphatic carbocycles. The summed E-state index contributed by atoms with van der Waals surface area (Å²) in [4.78, 5) is 16.5. The Morgan fingerprint density at radius 1 is 1.04 bits per heavy atom. The number of carbonyl (C=O) groups is 1. The van der Waals surface area contributed by atoms with E-state index in [0.29, 0.717) is 24.7 Å². The fourth-order valence-corrected chi connectivity index (χ4v) is 4.08. The Hall–Kier alpha value is -1.89. The monoisotopic (exact) mass is 394 g/mol. The van der Waals surface area contributed by atoms with Crippen molar-refractivity contribution < 1.29 is 13.6 Å². The highest BCUT2D eigenvalue weighted by atomic mass is 19.2. The summed E-state index contributed by atoms with van der Waals surface area (Å²) in [5, 5.41) is 5.88. The number of benzene rings is 1. The van der Waals surface area contributed by atoms with Crippen LogP contribution in [-0.4, -0.2) is 56.7 Å². The largest absolute Gasteiger partial charge is 0.371 e. The van der Waals surface area contributed by atoms with E-state index in [1.165, 1.54) is 44.8 Å². The van der Waals surface area contributed by atoms with Crippen molar-refractivity contribution in [2.24, 2.45) is 5.92 Å². The normalized spacial score (nSPS) is 20.8. The molecule has 7 heteroatoms. The number of halogens is 2. The molecule has 3 rings (SSSR count). The van der Waals surface area contributed by atoms with Gasteiger partial charge in [0.25, 0.3) is 0 Å². The van der Waals surface area contributed by atoms with Crippen molar-refractivity contribution in [3.8, 4) is 0 Å². The van der Waals surface area contributed by atoms with E-state index in [-0.39, 0.29) is 6.03 Å². The molecule has 2 N–H and O–H groups in total. The van der Waals surface area contributed by atoms with Gasteiger partial charge in [-0.15, -0.1) is 0 Å². The lowest BCUT2D eigenvalue weighted by atomic mass is 10.1. The van der Waals surface area contributed by atoms with Gasteiger partial charge in [0.1, 0.15) is 0 Å². The van der Waals surface area contributed by atoms with Gasteiger partial charge in [-0.25, -0.2) is 13.6 Å². The summed E-state index contributed by atoms with van der Waals surface area (Å²) in [6.07, 6.45) is 7.15. The Morgan fingerprint density at radius 3 is 2.57 bits per heavy atom. The lowest BCUT2D eigenvalue weighted by Gasteiger charge is -2.20. The van der Waals surface area contributed by atoms with Gasteiger partial charge in [0.15, 0.2) is 11.6 Å². The summed E-state index contributed by atoms with van der Waals surface area (Å²) >= 11 is 0. The Bertz CT molecular complexity index is 635. The first-order chi connectivity index (χ1) is 13.6. The van der Waals surface area contributed by atoms with Gasteiger partial charge in [0, 0.05) is 37.9 Å². The molecule has 0 aromatic heterocycles. The van der Waals surface area contributed by atoms with E-state index in [1.54, 1.807) is 6.07 Å². The van der Waals surface area contributed by atoms with Gasteiger partial charge in [-0.05, 0) is 63.4 Å². The number of hydrogen-bond acceptors (Lipinski definition) is 3. The van der Waals surface area contributed by atoms with Gasteiger partial charge in [0.05, 0.1) is 0 Å². The molecule has 1 unspecified atom stereocenters. The highest BCUT2D eigenvalue weighted by molar-refractivity contribution is 5.73. The van der Waals surface area contributed by atoms with E-state index >= 15 is 0 Å². The summed E-state index contributed by atoms with van der Waals surface area (Å²) < 4.78 is 26.5. The van der Waals surface area contributed by atoms with Crippen LogP contribution in [0.25, 0.3) is 0 Å². The molecule has 2 aliphatic heterocycles. The van der Waals surface area contributed by atoms with Crippen molar-refractivity contribution in [2.45, 2.75) is 38.5 Å². The van der Waals surface area contributed by atoms with Crippen LogP contribution in [-0.2, 0) is 0 Å². The molecule has 0 radical (unpaired) electrons. The number of carbonyl (C=O) groups excluding carboxylic acids is 1. The fraction of sp³-hybridized carbons (Fsp3) is 0.667. The van der Waals surface area contributed by atoms with E-state index in [0.717, 1.165) is 38.5 Å². The van der Waals surface area contributed by atoms with Crippen molar-refractivity contribution in [3.05, 3.63) is 29.8 Å². The van der Waals surface area contributed by atoms with E-state index < -0.39 is 11.6 Å². The highest BCUT2D eigenvalue weighted by Crippen LogP contribution is 2.24. The maximum Gasteiger partial charge on any atom is 0.314 e. The van der Waals surface area contributed by atoms with Crippen LogP contribution in [0.2, 0.25) is 0 Å². The molecule has 2 aliphatic rings. The minimum absolute atomic E-state index is 0.123. The Kier molecular flexibility index (Phi) is 7.89. The standard InChI is InChI=1S/C21H32F2N4O/c22-19-7-6-18(14-20(19)23)27-13-8-17(16-27)15-25-21(28)24-9-5-12-26-10-3-1-2-4-11-26/h6-7,14,17H,1-5,8-13,15-16H2,(H2,24,25,28). The van der Waals surface area contributed by atoms with Crippen LogP contribution in [0, 0.1) is 17.6 Å². The number of urea groups is 1. The molecule has 0 saturated carbocycles. The number of hydrogen-bond donors (Lipinski definition) is 2. The first kappa shape index (κ1) is 20.8. The van der Waals surface area contributed by atoms with Crippen molar-refractivity contribution in [1.82, 2.24) is 15.5 Å². The topological polar surface area (TPSA) is 47.6 Å². The van der Waals surface area contributed by atoms with Crippen molar-refractivity contribution in [1.29, 1.82) is 0 Å². The molecule has 1 aromatic carbocycles. The molecule has 5 nitrogen and oxygen atoms in total. The van der Waals surface area contributed by atoms with Crippen LogP contribution >= 0.6 is 0 Å². The van der Waals surface area contributed by atoms with Gasteiger partial charge in [-0.3, -0.25) is 0 Å². The zero-order valence-electron chi connectivity index (χ0n) is 16.6. The second-order valence-corrected chi connectivity index (χ2v) is 7.95. The second kappa shape index (κ2) is 10.6. The van der Waals surface area contributed by atoms with Crippen LogP contribution in [0.5, 0.6) is 0 Å². The minimum Gasteiger partial charge on any atom is -0.371 e. The van der Waals surface area contributed by atoms with Gasteiger partial charge < -0.3 is 20.4 Å². The molecule has 2 saturated heterocycles. The van der Waals surface area contributed by atoms with E-state index in [2.05, 4.69) is 15.5 Å². The molecule has 1 aromatic rings. The minimum atomic E-state index is -0.825. The molecule has 0 bridgehead atoms. The summed E-state index contributed by atoms with van der Waals surface area (Å²) in [6, 6.07) is 3.88. The maximum absolute atomic E-state index is 13.4. The number of amides is 2. The number of likely N-dealkylation sites (tertiary alicyclic amines) is 1. The van der Waals surface area contributed by atoms with Crippen LogP contribution in [0.1, 0.15) is 38.5 Å². The van der Waals surface area contributed by atoms with Crippen LogP contribution in [0.3, 0.4) is 0 Å². The summed E-state index contributed by atoms with van der Waals surface area (Å²) in [5.74, 6) is -1.33. The van der Waals surface area contributed by atoms with Crippen molar-refractivity contribution >= 4 is 11.7 Å². The van der Waals surface area contributed by atoms with E-state index in [1.807, 2.05) is 4.90 Å². The number of nitrogens with one attached hydrogen (secondary N) is 2. The lowest BCUT2D eigenvalue weighted by Crippen LogP contribution is -2.40. The third-order valence-corrected chi connectivity index (χ3v) is 5.74. The van der Waals surface area contributed by atoms with Crippen LogP contribution in [0.4, 0.5) is 19.3 Å². The van der Waals surface area contributed by atoms with E-state index in [9.17, 15) is 13.6 Å². The summed E-state index contributed by atoms with van der Waals surface area (Å²) in [6.45, 7) is 6.22. The first-order valence-corrected chi connectivity index (χ1v) is 10.6. The predicted octanol–water partition coefficient (Wildman–Crippen LogP) is 3.36. The quantitative estimate of drug-likeness (QED) is 0.697. The third kappa shape index (κ3) is 6.33. The van der Waals surface area contributed by atoms with E-state index in [4.69, 9.17) is 0 Å². The predicted molar refractivity (Wildman–Crippen MR) is 108 cm³/mol. The maximum atomic E-state index is 13.4. The molecule has 2 heterocycles. The Labute approximate surface area is 166 Å².